The zero-order chi connectivity index (χ0) is 53.8. The van der Waals surface area contributed by atoms with Crippen LogP contribution in [-0.4, -0.2) is 24.1 Å². The molecule has 1 aliphatic rings. The first kappa shape index (κ1) is 46.3. The molecule has 0 saturated heterocycles. The summed E-state index contributed by atoms with van der Waals surface area (Å²) in [5.74, 6) is 1.76. The molecule has 7 heteroatoms. The van der Waals surface area contributed by atoms with Gasteiger partial charge in [0.1, 0.15) is 16.9 Å². The molecule has 0 atom stereocenters. The molecule has 0 fully saturated rings. The van der Waals surface area contributed by atoms with E-state index in [-0.39, 0.29) is 0 Å². The summed E-state index contributed by atoms with van der Waals surface area (Å²) in [5.41, 5.74) is 18.5. The minimum Gasteiger partial charge on any atom is -0.456 e. The van der Waals surface area contributed by atoms with Crippen LogP contribution in [0.4, 0.5) is 0 Å². The second-order valence-corrected chi connectivity index (χ2v) is 22.2. The summed E-state index contributed by atoms with van der Waals surface area (Å²) in [6, 6.07) is 91.2. The molecule has 0 bridgehead atoms. The monoisotopic (exact) mass is 1060 g/mol. The molecule has 0 N–H and O–H groups in total. The van der Waals surface area contributed by atoms with Crippen LogP contribution >= 0.6 is 11.3 Å². The van der Waals surface area contributed by atoms with E-state index in [4.69, 9.17) is 19.4 Å². The van der Waals surface area contributed by atoms with E-state index < -0.39 is 0 Å². The zero-order valence-electron chi connectivity index (χ0n) is 44.1. The Labute approximate surface area is 475 Å². The lowest BCUT2D eigenvalue weighted by atomic mass is 9.89. The number of aromatic nitrogens is 5. The Morgan fingerprint density at radius 2 is 1.09 bits per heavy atom. The number of hydrogen-bond acceptors (Lipinski definition) is 5. The van der Waals surface area contributed by atoms with Crippen molar-refractivity contribution < 1.29 is 4.42 Å². The van der Waals surface area contributed by atoms with E-state index in [1.165, 1.54) is 31.4 Å². The molecule has 0 saturated carbocycles. The number of allylic oxidation sites excluding steroid dienone is 1. The lowest BCUT2D eigenvalue weighted by Crippen LogP contribution is -2.07. The molecule has 17 rings (SSSR count). The number of fused-ring (bicyclic) bond motifs is 12. The highest BCUT2D eigenvalue weighted by Crippen LogP contribution is 2.46. The van der Waals surface area contributed by atoms with Crippen LogP contribution in [0.25, 0.3) is 160 Å². The number of nitrogens with zero attached hydrogens (tertiary/aromatic N) is 5. The van der Waals surface area contributed by atoms with Gasteiger partial charge in [-0.2, -0.15) is 0 Å². The normalized spacial score (nSPS) is 12.4. The fourth-order valence-corrected chi connectivity index (χ4v) is 14.0. The van der Waals surface area contributed by atoms with Crippen molar-refractivity contribution in [1.29, 1.82) is 0 Å². The van der Waals surface area contributed by atoms with Crippen LogP contribution in [-0.2, 0) is 6.42 Å². The van der Waals surface area contributed by atoms with Crippen molar-refractivity contribution in [3.8, 4) is 78.9 Å². The van der Waals surface area contributed by atoms with E-state index >= 15 is 0 Å². The maximum Gasteiger partial charge on any atom is 0.166 e. The van der Waals surface area contributed by atoms with Gasteiger partial charge in [-0.05, 0) is 114 Å². The predicted molar refractivity (Wildman–Crippen MR) is 339 cm³/mol. The Morgan fingerprint density at radius 3 is 1.98 bits per heavy atom. The Kier molecular flexibility index (Phi) is 10.4. The molecule has 1 aliphatic carbocycles. The molecule has 0 amide bonds. The summed E-state index contributed by atoms with van der Waals surface area (Å²) in [6.45, 7) is 0. The average molecular weight is 1060 g/mol. The lowest BCUT2D eigenvalue weighted by molar-refractivity contribution is 0.669. The van der Waals surface area contributed by atoms with E-state index in [1.54, 1.807) is 0 Å². The molecule has 382 valence electrons. The number of thiophene rings is 1. The molecule has 0 spiro atoms. The predicted octanol–water partition coefficient (Wildman–Crippen LogP) is 19.7. The molecular formula is C75H45N5OS. The van der Waals surface area contributed by atoms with Crippen molar-refractivity contribution in [2.75, 3.05) is 0 Å². The third-order valence-corrected chi connectivity index (χ3v) is 17.7. The van der Waals surface area contributed by atoms with Crippen LogP contribution in [0.2, 0.25) is 0 Å². The third kappa shape index (κ3) is 7.18. The van der Waals surface area contributed by atoms with Gasteiger partial charge in [0.15, 0.2) is 17.5 Å². The first-order valence-corrected chi connectivity index (χ1v) is 28.6. The summed E-state index contributed by atoms with van der Waals surface area (Å²) >= 11 is 1.81. The Hall–Kier alpha value is -10.7. The second kappa shape index (κ2) is 18.5. The SMILES string of the molecule is c1ccc(-c2ccccc2)c(-n2c3ccccc3c3cccc(-n4c5c(c6cccc(-c7nc(-c8ccc9sc%10ccccc%10c9c8)nc(-c8cccc(-c9ccc%10oc%11ccccc%11c%10c9)c8-c8ccccc8)n7)c64)C=CCC5)c32)c#1. The van der Waals surface area contributed by atoms with Gasteiger partial charge in [-0.3, -0.25) is 4.57 Å². The number of para-hydroxylation sites is 4. The van der Waals surface area contributed by atoms with Gasteiger partial charge in [-0.1, -0.05) is 182 Å². The van der Waals surface area contributed by atoms with Crippen molar-refractivity contribution in [3.63, 3.8) is 0 Å². The number of rotatable bonds is 8. The number of benzene rings is 10. The van der Waals surface area contributed by atoms with Gasteiger partial charge < -0.3 is 8.98 Å². The van der Waals surface area contributed by atoms with Crippen LogP contribution in [0.5, 0.6) is 0 Å². The van der Waals surface area contributed by atoms with Crippen LogP contribution in [0.15, 0.2) is 247 Å². The summed E-state index contributed by atoms with van der Waals surface area (Å²) in [5, 5.41) is 8.00. The molecule has 0 unspecified atom stereocenters. The van der Waals surface area contributed by atoms with Gasteiger partial charge in [0.05, 0.1) is 22.2 Å². The van der Waals surface area contributed by atoms with Gasteiger partial charge >= 0.3 is 0 Å². The molecular weight excluding hydrogens is 1020 g/mol. The number of hydrogen-bond donors (Lipinski definition) is 0. The fraction of sp³-hybridized carbons (Fsp3) is 0.0267. The Balaban J connectivity index is 0.953. The van der Waals surface area contributed by atoms with Crippen molar-refractivity contribution in [3.05, 3.63) is 266 Å². The first-order valence-electron chi connectivity index (χ1n) is 27.8. The molecule has 16 aromatic rings. The average Bonchev–Trinajstić information content (AvgIpc) is 2.26. The van der Waals surface area contributed by atoms with E-state index in [1.807, 2.05) is 29.5 Å². The number of furan rings is 1. The maximum absolute atomic E-state index is 6.35. The van der Waals surface area contributed by atoms with Crippen molar-refractivity contribution in [1.82, 2.24) is 24.1 Å². The van der Waals surface area contributed by atoms with Gasteiger partial charge in [-0.15, -0.1) is 11.3 Å². The highest BCUT2D eigenvalue weighted by molar-refractivity contribution is 7.25. The highest BCUT2D eigenvalue weighted by Gasteiger charge is 2.28. The maximum atomic E-state index is 6.35. The van der Waals surface area contributed by atoms with Gasteiger partial charge in [0.2, 0.25) is 0 Å². The molecule has 0 radical (unpaired) electrons. The topological polar surface area (TPSA) is 61.7 Å². The minimum atomic E-state index is 0.581. The highest BCUT2D eigenvalue weighted by atomic mass is 32.1. The molecule has 82 heavy (non-hydrogen) atoms. The lowest BCUT2D eigenvalue weighted by Gasteiger charge is -2.19. The van der Waals surface area contributed by atoms with E-state index in [0.717, 1.165) is 129 Å². The van der Waals surface area contributed by atoms with Crippen LogP contribution < -0.4 is 0 Å². The van der Waals surface area contributed by atoms with E-state index in [2.05, 4.69) is 252 Å². The fourth-order valence-electron chi connectivity index (χ4n) is 12.9. The molecule has 11 aromatic carbocycles. The summed E-state index contributed by atoms with van der Waals surface area (Å²) < 4.78 is 13.7. The summed E-state index contributed by atoms with van der Waals surface area (Å²) in [7, 11) is 0. The van der Waals surface area contributed by atoms with Crippen molar-refractivity contribution in [2.45, 2.75) is 12.8 Å². The zero-order valence-corrected chi connectivity index (χ0v) is 45.0. The largest absolute Gasteiger partial charge is 0.456 e. The van der Waals surface area contributed by atoms with Gasteiger partial charge in [0.25, 0.3) is 0 Å². The first-order chi connectivity index (χ1) is 40.7. The van der Waals surface area contributed by atoms with E-state index in [0.29, 0.717) is 17.5 Å². The molecule has 6 nitrogen and oxygen atoms in total. The van der Waals surface area contributed by atoms with Crippen LogP contribution in [0.3, 0.4) is 0 Å². The van der Waals surface area contributed by atoms with Gasteiger partial charge in [0, 0.05) is 86.2 Å². The summed E-state index contributed by atoms with van der Waals surface area (Å²) in [4.78, 5) is 16.9. The van der Waals surface area contributed by atoms with Crippen molar-refractivity contribution in [2.24, 2.45) is 0 Å². The van der Waals surface area contributed by atoms with Crippen LogP contribution in [0.1, 0.15) is 17.7 Å². The van der Waals surface area contributed by atoms with Gasteiger partial charge in [-0.25, -0.2) is 15.0 Å². The molecule has 5 aromatic heterocycles. The Morgan fingerprint density at radius 1 is 0.427 bits per heavy atom. The minimum absolute atomic E-state index is 0.581. The molecule has 5 heterocycles. The van der Waals surface area contributed by atoms with E-state index in [9.17, 15) is 0 Å². The molecule has 0 aliphatic heterocycles. The van der Waals surface area contributed by atoms with Crippen molar-refractivity contribution >= 4 is 92.2 Å². The standard InChI is InChI=1S/C75H45N5OS/c1-3-20-46(21-4-1)50-24-7-12-34-62(50)79-63-35-13-9-26-53(63)57-31-19-37-65(72(57)79)80-64-36-14-8-25-52(64)56-30-18-33-59(71(56)80)75-77-73(49-41-43-69-61(45-49)55-28-11-16-39-68(55)82-69)76-74(78-75)58-32-17-29-51(70(58)47-22-5-2-6-23-47)48-40-42-67-60(44-48)54-27-10-15-38-66(54)81-67/h1-11,13,15-33,35,37-45H,14,36H2. The second-order valence-electron chi connectivity index (χ2n) is 21.1. The quantitative estimate of drug-likeness (QED) is 0.152. The summed E-state index contributed by atoms with van der Waals surface area (Å²) in [6.07, 6.45) is 6.40. The van der Waals surface area contributed by atoms with Crippen LogP contribution in [0, 0.1) is 12.1 Å². The third-order valence-electron chi connectivity index (χ3n) is 16.5. The smallest absolute Gasteiger partial charge is 0.166 e. The Bertz CT molecular complexity index is 5290.